The summed E-state index contributed by atoms with van der Waals surface area (Å²) in [5.74, 6) is 2.57. The van der Waals surface area contributed by atoms with Gasteiger partial charge in [-0.15, -0.1) is 11.2 Å². The van der Waals surface area contributed by atoms with Crippen LogP contribution in [0.25, 0.3) is 0 Å². The number of hydrogen-bond donors (Lipinski definition) is 0. The Bertz CT molecular complexity index is 77.5. The molecular formula is C4H6S2. The van der Waals surface area contributed by atoms with Crippen molar-refractivity contribution in [2.75, 3.05) is 11.5 Å². The van der Waals surface area contributed by atoms with E-state index in [4.69, 9.17) is 0 Å². The molecule has 0 nitrogen and oxygen atoms in total. The van der Waals surface area contributed by atoms with Crippen LogP contribution in [0, 0.1) is 4.52 Å². The fraction of sp³-hybridized carbons (Fsp3) is 0.750. The van der Waals surface area contributed by atoms with E-state index < -0.39 is 0 Å². The van der Waals surface area contributed by atoms with Gasteiger partial charge < -0.3 is 0 Å². The molecule has 2 heteroatoms. The molecule has 0 aromatic heterocycles. The summed E-state index contributed by atoms with van der Waals surface area (Å²) >= 11 is 3.62. The predicted octanol–water partition coefficient (Wildman–Crippen LogP) is 1.77. The molecule has 0 aromatic carbocycles. The van der Waals surface area contributed by atoms with E-state index in [1.807, 2.05) is 22.9 Å². The van der Waals surface area contributed by atoms with Gasteiger partial charge in [0.1, 0.15) is 0 Å². The van der Waals surface area contributed by atoms with Crippen molar-refractivity contribution >= 4 is 22.9 Å². The Morgan fingerprint density at radius 3 is 2.50 bits per heavy atom. The predicted molar refractivity (Wildman–Crippen MR) is 33.4 cm³/mol. The molecule has 0 bridgehead atoms. The van der Waals surface area contributed by atoms with Crippen molar-refractivity contribution in [1.82, 2.24) is 0 Å². The second-order valence-electron chi connectivity index (χ2n) is 1.13. The van der Waals surface area contributed by atoms with E-state index >= 15 is 0 Å². The Kier molecular flexibility index (Phi) is 1.89. The first-order chi connectivity index (χ1) is 3.00. The maximum atomic E-state index is 3.12. The third-order valence-corrected chi connectivity index (χ3v) is 2.54. The van der Waals surface area contributed by atoms with Gasteiger partial charge in [-0.3, -0.25) is 0 Å². The van der Waals surface area contributed by atoms with Gasteiger partial charge in [-0.1, -0.05) is 11.8 Å². The van der Waals surface area contributed by atoms with Crippen LogP contribution >= 0.6 is 22.9 Å². The molecule has 0 spiro atoms. The summed E-state index contributed by atoms with van der Waals surface area (Å²) in [4.78, 5) is 0. The molecule has 1 rings (SSSR count). The fourth-order valence-electron chi connectivity index (χ4n) is 0.328. The summed E-state index contributed by atoms with van der Waals surface area (Å²) in [6, 6.07) is 0. The van der Waals surface area contributed by atoms with E-state index in [-0.39, 0.29) is 0 Å². The van der Waals surface area contributed by atoms with E-state index in [2.05, 4.69) is 4.52 Å². The third kappa shape index (κ3) is 1.21. The Hall–Kier alpha value is 0.350. The van der Waals surface area contributed by atoms with Crippen molar-refractivity contribution in [1.29, 1.82) is 0 Å². The first-order valence-corrected chi connectivity index (χ1v) is 3.96. The summed E-state index contributed by atoms with van der Waals surface area (Å²) in [5, 5.41) is 0. The van der Waals surface area contributed by atoms with E-state index in [1.54, 1.807) is 0 Å². The minimum atomic E-state index is 1.28. The van der Waals surface area contributed by atoms with Crippen LogP contribution in [0.3, 0.4) is 0 Å². The van der Waals surface area contributed by atoms with Gasteiger partial charge in [0.05, 0.1) is 0 Å². The van der Waals surface area contributed by atoms with Crippen LogP contribution < -0.4 is 0 Å². The first kappa shape index (κ1) is 4.51. The van der Waals surface area contributed by atoms with Gasteiger partial charge in [0, 0.05) is 11.5 Å². The Morgan fingerprint density at radius 1 is 1.33 bits per heavy atom. The zero-order valence-corrected chi connectivity index (χ0v) is 5.07. The minimum absolute atomic E-state index is 1.28. The van der Waals surface area contributed by atoms with Gasteiger partial charge >= 0.3 is 0 Å². The molecule has 0 saturated heterocycles. The van der Waals surface area contributed by atoms with E-state index in [0.29, 0.717) is 0 Å². The molecule has 1 aliphatic heterocycles. The van der Waals surface area contributed by atoms with Gasteiger partial charge in [-0.2, -0.15) is 0 Å². The maximum absolute atomic E-state index is 3.12. The highest BCUT2D eigenvalue weighted by molar-refractivity contribution is 8.11. The molecule has 6 heavy (non-hydrogen) atoms. The lowest BCUT2D eigenvalue weighted by Crippen LogP contribution is -1.80. The molecule has 34 valence electrons. The van der Waals surface area contributed by atoms with Crippen molar-refractivity contribution in [3.05, 3.63) is 0 Å². The molecule has 1 aliphatic rings. The van der Waals surface area contributed by atoms with Gasteiger partial charge in [0.2, 0.25) is 0 Å². The Morgan fingerprint density at radius 2 is 2.33 bits per heavy atom. The van der Waals surface area contributed by atoms with Crippen LogP contribution in [-0.2, 0) is 0 Å². The maximum Gasteiger partial charge on any atom is 0.0195 e. The molecule has 0 saturated carbocycles. The monoisotopic (exact) mass is 118 g/mol. The molecule has 0 atom stereocenters. The van der Waals surface area contributed by atoms with E-state index in [9.17, 15) is 0 Å². The van der Waals surface area contributed by atoms with Gasteiger partial charge in [-0.05, 0) is 10.9 Å². The number of rotatable bonds is 0. The summed E-state index contributed by atoms with van der Waals surface area (Å²) in [7, 11) is 0. The highest BCUT2D eigenvalue weighted by Gasteiger charge is 1.86. The topological polar surface area (TPSA) is 0 Å². The fourth-order valence-corrected chi connectivity index (χ4v) is 2.09. The van der Waals surface area contributed by atoms with Crippen LogP contribution in [-0.4, -0.2) is 11.5 Å². The quantitative estimate of drug-likeness (QED) is 0.467. The van der Waals surface area contributed by atoms with Crippen molar-refractivity contribution < 1.29 is 0 Å². The first-order valence-electron chi connectivity index (χ1n) is 1.99. The SMILES string of the molecule is C1#SCCCS1. The van der Waals surface area contributed by atoms with Crippen molar-refractivity contribution in [3.8, 4) is 4.52 Å². The molecule has 0 unspecified atom stereocenters. The molecule has 0 aromatic rings. The van der Waals surface area contributed by atoms with Crippen LogP contribution in [0.15, 0.2) is 0 Å². The van der Waals surface area contributed by atoms with Crippen molar-refractivity contribution in [3.63, 3.8) is 0 Å². The van der Waals surface area contributed by atoms with Crippen molar-refractivity contribution in [2.45, 2.75) is 6.42 Å². The zero-order chi connectivity index (χ0) is 4.24. The number of thioether (sulfide) groups is 1. The molecule has 0 radical (unpaired) electrons. The Labute approximate surface area is 45.9 Å². The van der Waals surface area contributed by atoms with Crippen LogP contribution in [0.1, 0.15) is 6.42 Å². The highest BCUT2D eigenvalue weighted by atomic mass is 32.2. The van der Waals surface area contributed by atoms with Crippen LogP contribution in [0.2, 0.25) is 0 Å². The highest BCUT2D eigenvalue weighted by Crippen LogP contribution is 2.08. The normalized spacial score (nSPS) is 20.0. The smallest absolute Gasteiger partial charge is 0.0195 e. The third-order valence-electron chi connectivity index (χ3n) is 0.611. The average molecular weight is 118 g/mol. The van der Waals surface area contributed by atoms with Gasteiger partial charge in [-0.25, -0.2) is 0 Å². The summed E-state index contributed by atoms with van der Waals surface area (Å²) in [6.07, 6.45) is 1.36. The van der Waals surface area contributed by atoms with Crippen LogP contribution in [0.4, 0.5) is 0 Å². The van der Waals surface area contributed by atoms with E-state index in [0.717, 1.165) is 0 Å². The van der Waals surface area contributed by atoms with E-state index in [1.165, 1.54) is 17.9 Å². The summed E-state index contributed by atoms with van der Waals surface area (Å²) in [5.41, 5.74) is 0. The van der Waals surface area contributed by atoms with Crippen LogP contribution in [0.5, 0.6) is 0 Å². The van der Waals surface area contributed by atoms with Gasteiger partial charge in [0.15, 0.2) is 0 Å². The molecular weight excluding hydrogens is 112 g/mol. The van der Waals surface area contributed by atoms with Crippen molar-refractivity contribution in [2.24, 2.45) is 0 Å². The summed E-state index contributed by atoms with van der Waals surface area (Å²) < 4.78 is 3.12. The lowest BCUT2D eigenvalue weighted by Gasteiger charge is -1.92. The lowest BCUT2D eigenvalue weighted by molar-refractivity contribution is 1.13. The average Bonchev–Trinajstić information content (AvgIpc) is 1.72. The summed E-state index contributed by atoms with van der Waals surface area (Å²) in [6.45, 7) is 0. The second-order valence-corrected chi connectivity index (χ2v) is 3.19. The van der Waals surface area contributed by atoms with Gasteiger partial charge in [0.25, 0.3) is 0 Å². The molecule has 1 heterocycles. The lowest BCUT2D eigenvalue weighted by atomic mass is 10.6. The second kappa shape index (κ2) is 2.51. The largest absolute Gasteiger partial charge is 0.123 e. The molecule has 0 amide bonds. The Balaban J connectivity index is 2.36. The zero-order valence-electron chi connectivity index (χ0n) is 3.44. The molecule has 0 fully saturated rings. The minimum Gasteiger partial charge on any atom is -0.123 e. The number of hydrogen-bond acceptors (Lipinski definition) is 1. The molecule has 0 aliphatic carbocycles. The standard InChI is InChI=1S/C4H6S2/c1-2-5-4-6-3-1/h1-3H2. The molecule has 0 N–H and O–H groups in total.